The minimum Gasteiger partial charge on any atom is -0.507 e. The zero-order chi connectivity index (χ0) is 28.7. The second-order valence-corrected chi connectivity index (χ2v) is 9.46. The second-order valence-electron chi connectivity index (χ2n) is 9.06. The van der Waals surface area contributed by atoms with Gasteiger partial charge in [-0.3, -0.25) is 14.5 Å². The van der Waals surface area contributed by atoms with Gasteiger partial charge in [0.15, 0.2) is 11.5 Å². The molecule has 206 valence electrons. The normalized spacial score (nSPS) is 16.4. The van der Waals surface area contributed by atoms with Crippen LogP contribution in [0.2, 0.25) is 5.02 Å². The van der Waals surface area contributed by atoms with E-state index in [-0.39, 0.29) is 27.9 Å². The molecule has 2 heterocycles. The Hall–Kier alpha value is -4.70. The lowest BCUT2D eigenvalue weighted by Crippen LogP contribution is -2.30. The number of hydrogen-bond acceptors (Lipinski definition) is 8. The number of carbonyl (C=O) groups excluding carboxylic acids is 2. The largest absolute Gasteiger partial charge is 0.507 e. The van der Waals surface area contributed by atoms with E-state index in [1.165, 1.54) is 45.5 Å². The Morgan fingerprint density at radius 2 is 1.60 bits per heavy atom. The fourth-order valence-corrected chi connectivity index (χ4v) is 5.08. The average Bonchev–Trinajstić information content (AvgIpc) is 3.48. The Bertz CT molecular complexity index is 1650. The van der Waals surface area contributed by atoms with Crippen LogP contribution in [0.1, 0.15) is 22.7 Å². The van der Waals surface area contributed by atoms with Crippen LogP contribution in [0, 0.1) is 6.92 Å². The van der Waals surface area contributed by atoms with E-state index >= 15 is 0 Å². The number of ether oxygens (including phenoxy) is 4. The lowest BCUT2D eigenvalue weighted by atomic mass is 9.94. The summed E-state index contributed by atoms with van der Waals surface area (Å²) in [6.07, 6.45) is 0. The number of ketones is 1. The lowest BCUT2D eigenvalue weighted by Gasteiger charge is -2.23. The molecular weight excluding hydrogens is 538 g/mol. The number of imidazole rings is 1. The number of halogens is 1. The Morgan fingerprint density at radius 1 is 0.925 bits per heavy atom. The van der Waals surface area contributed by atoms with Gasteiger partial charge in [-0.15, -0.1) is 0 Å². The van der Waals surface area contributed by atoms with Gasteiger partial charge >= 0.3 is 5.91 Å². The summed E-state index contributed by atoms with van der Waals surface area (Å²) in [6, 6.07) is 12.6. The number of benzene rings is 3. The number of amides is 1. The van der Waals surface area contributed by atoms with Crippen molar-refractivity contribution in [3.05, 3.63) is 75.8 Å². The molecule has 40 heavy (non-hydrogen) atoms. The Kier molecular flexibility index (Phi) is 7.03. The van der Waals surface area contributed by atoms with Gasteiger partial charge in [0.05, 0.1) is 61.7 Å². The predicted molar refractivity (Wildman–Crippen MR) is 150 cm³/mol. The minimum absolute atomic E-state index is 0.109. The first-order valence-electron chi connectivity index (χ1n) is 12.1. The van der Waals surface area contributed by atoms with Gasteiger partial charge in [0.25, 0.3) is 5.78 Å². The van der Waals surface area contributed by atoms with Crippen molar-refractivity contribution in [2.75, 3.05) is 33.3 Å². The van der Waals surface area contributed by atoms with Crippen molar-refractivity contribution >= 4 is 46.0 Å². The van der Waals surface area contributed by atoms with Crippen LogP contribution < -0.4 is 23.8 Å². The molecule has 2 N–H and O–H groups in total. The number of carbonyl (C=O) groups is 2. The fraction of sp³-hybridized carbons (Fsp3) is 0.207. The maximum atomic E-state index is 13.6. The molecule has 1 saturated heterocycles. The molecule has 5 rings (SSSR count). The number of hydrogen-bond donors (Lipinski definition) is 2. The molecule has 1 amide bonds. The van der Waals surface area contributed by atoms with Crippen molar-refractivity contribution in [1.82, 2.24) is 9.97 Å². The van der Waals surface area contributed by atoms with Gasteiger partial charge < -0.3 is 29.0 Å². The van der Waals surface area contributed by atoms with Crippen LogP contribution in [-0.4, -0.2) is 55.2 Å². The van der Waals surface area contributed by atoms with E-state index in [1.807, 2.05) is 25.1 Å². The lowest BCUT2D eigenvalue weighted by molar-refractivity contribution is -0.132. The molecule has 11 heteroatoms. The molecule has 1 aliphatic rings. The molecule has 4 aromatic rings. The number of fused-ring (bicyclic) bond motifs is 1. The van der Waals surface area contributed by atoms with Gasteiger partial charge in [-0.05, 0) is 18.6 Å². The summed E-state index contributed by atoms with van der Waals surface area (Å²) in [5.41, 5.74) is 2.51. The van der Waals surface area contributed by atoms with Crippen LogP contribution in [0.3, 0.4) is 0 Å². The summed E-state index contributed by atoms with van der Waals surface area (Å²) in [4.78, 5) is 36.2. The maximum Gasteiger partial charge on any atom is 0.302 e. The van der Waals surface area contributed by atoms with Crippen molar-refractivity contribution in [3.8, 4) is 23.0 Å². The molecule has 3 aromatic carbocycles. The number of aliphatic hydroxyl groups excluding tert-OH is 1. The monoisotopic (exact) mass is 563 g/mol. The summed E-state index contributed by atoms with van der Waals surface area (Å²) in [7, 11) is 5.87. The van der Waals surface area contributed by atoms with Gasteiger partial charge in [0.2, 0.25) is 5.95 Å². The number of methoxy groups -OCH3 is 4. The van der Waals surface area contributed by atoms with Crippen molar-refractivity contribution in [3.63, 3.8) is 0 Å². The molecule has 1 fully saturated rings. The molecule has 1 unspecified atom stereocenters. The summed E-state index contributed by atoms with van der Waals surface area (Å²) >= 11 is 6.36. The zero-order valence-corrected chi connectivity index (χ0v) is 23.1. The third-order valence-corrected chi connectivity index (χ3v) is 7.03. The molecule has 0 saturated carbocycles. The summed E-state index contributed by atoms with van der Waals surface area (Å²) < 4.78 is 21.5. The topological polar surface area (TPSA) is 123 Å². The standard InChI is InChI=1S/C29H26ClN3O7/c1-14-7-6-8-15(9-14)25-24(26(34)16-10-17(30)21(38-3)13-20(16)37-2)27(35)28(36)33(25)29-31-18-11-22(39-4)23(40-5)12-19(18)32-29/h6-13,25,34H,1-5H3,(H,31,32)/b26-24+. The van der Waals surface area contributed by atoms with Gasteiger partial charge in [-0.2, -0.15) is 0 Å². The van der Waals surface area contributed by atoms with Crippen molar-refractivity contribution in [2.45, 2.75) is 13.0 Å². The summed E-state index contributed by atoms with van der Waals surface area (Å²) in [6.45, 7) is 1.89. The van der Waals surface area contributed by atoms with Crippen LogP contribution in [0.15, 0.2) is 54.1 Å². The average molecular weight is 564 g/mol. The molecule has 1 atom stereocenters. The molecular formula is C29H26ClN3O7. The van der Waals surface area contributed by atoms with Crippen LogP contribution in [-0.2, 0) is 9.59 Å². The van der Waals surface area contributed by atoms with E-state index in [2.05, 4.69) is 9.97 Å². The number of H-pyrrole nitrogens is 1. The highest BCUT2D eigenvalue weighted by Gasteiger charge is 2.48. The number of nitrogens with one attached hydrogen (secondary N) is 1. The van der Waals surface area contributed by atoms with Gasteiger partial charge in [-0.1, -0.05) is 41.4 Å². The molecule has 10 nitrogen and oxygen atoms in total. The molecule has 0 radical (unpaired) electrons. The first-order chi connectivity index (χ1) is 19.2. The number of anilines is 1. The number of nitrogens with zero attached hydrogens (tertiary/aromatic N) is 2. The quantitative estimate of drug-likeness (QED) is 0.179. The van der Waals surface area contributed by atoms with E-state index in [1.54, 1.807) is 18.2 Å². The van der Waals surface area contributed by atoms with E-state index in [0.29, 0.717) is 33.8 Å². The molecule has 0 bridgehead atoms. The number of aliphatic hydroxyl groups is 1. The Balaban J connectivity index is 1.75. The summed E-state index contributed by atoms with van der Waals surface area (Å²) in [5, 5.41) is 11.8. The number of aromatic amines is 1. The first-order valence-corrected chi connectivity index (χ1v) is 12.5. The highest BCUT2D eigenvalue weighted by Crippen LogP contribution is 2.45. The van der Waals surface area contributed by atoms with Crippen molar-refractivity contribution in [1.29, 1.82) is 0 Å². The molecule has 1 aliphatic heterocycles. The third kappa shape index (κ3) is 4.36. The Morgan fingerprint density at radius 3 is 2.25 bits per heavy atom. The highest BCUT2D eigenvalue weighted by molar-refractivity contribution is 6.51. The number of Topliss-reactive ketones (excluding diaryl/α,β-unsaturated/α-hetero) is 1. The second kappa shape index (κ2) is 10.5. The van der Waals surface area contributed by atoms with Crippen molar-refractivity contribution < 1.29 is 33.6 Å². The minimum atomic E-state index is -1.02. The highest BCUT2D eigenvalue weighted by atomic mass is 35.5. The van der Waals surface area contributed by atoms with Gasteiger partial charge in [0.1, 0.15) is 17.3 Å². The van der Waals surface area contributed by atoms with Crippen LogP contribution in [0.25, 0.3) is 16.8 Å². The Labute approximate surface area is 234 Å². The number of rotatable bonds is 7. The smallest absolute Gasteiger partial charge is 0.302 e. The molecule has 0 spiro atoms. The van der Waals surface area contributed by atoms with Crippen LogP contribution in [0.5, 0.6) is 23.0 Å². The van der Waals surface area contributed by atoms with Gasteiger partial charge in [0, 0.05) is 18.2 Å². The third-order valence-electron chi connectivity index (χ3n) is 6.73. The van der Waals surface area contributed by atoms with Gasteiger partial charge in [-0.25, -0.2) is 4.98 Å². The number of aromatic nitrogens is 2. The van der Waals surface area contributed by atoms with Crippen LogP contribution >= 0.6 is 11.6 Å². The van der Waals surface area contributed by atoms with E-state index in [4.69, 9.17) is 30.5 Å². The molecule has 1 aromatic heterocycles. The van der Waals surface area contributed by atoms with E-state index in [9.17, 15) is 14.7 Å². The molecule has 0 aliphatic carbocycles. The van der Waals surface area contributed by atoms with Crippen LogP contribution in [0.4, 0.5) is 5.95 Å². The van der Waals surface area contributed by atoms with Crippen molar-refractivity contribution in [2.24, 2.45) is 0 Å². The fourth-order valence-electron chi connectivity index (χ4n) is 4.83. The van der Waals surface area contributed by atoms with E-state index < -0.39 is 23.5 Å². The number of aryl methyl sites for hydroxylation is 1. The maximum absolute atomic E-state index is 13.6. The van der Waals surface area contributed by atoms with E-state index in [0.717, 1.165) is 5.56 Å². The zero-order valence-electron chi connectivity index (χ0n) is 22.4. The first kappa shape index (κ1) is 26.9. The SMILES string of the molecule is COc1cc(OC)c(/C(O)=C2\C(=O)C(=O)N(c3nc4cc(OC)c(OC)cc4[nH]3)C2c2cccc(C)c2)cc1Cl. The predicted octanol–water partition coefficient (Wildman–Crippen LogP) is 5.19. The summed E-state index contributed by atoms with van der Waals surface area (Å²) in [5.74, 6) is -0.668.